The minimum Gasteiger partial charge on any atom is -0.445 e. The molecule has 1 rings (SSSR count). The lowest BCUT2D eigenvalue weighted by molar-refractivity contribution is -0.128. The van der Waals surface area contributed by atoms with Gasteiger partial charge in [-0.15, -0.1) is 0 Å². The minimum atomic E-state index is -1.10. The lowest BCUT2D eigenvalue weighted by Crippen LogP contribution is -2.46. The maximum absolute atomic E-state index is 12.1. The lowest BCUT2D eigenvalue weighted by atomic mass is 10.0. The largest absolute Gasteiger partial charge is 0.445 e. The molecule has 3 amide bonds. The number of nitrogens with two attached hydrogens (primary N) is 1. The summed E-state index contributed by atoms with van der Waals surface area (Å²) in [5.74, 6) is -1.08. The van der Waals surface area contributed by atoms with Gasteiger partial charge in [0.15, 0.2) is 0 Å². The zero-order chi connectivity index (χ0) is 22.2. The zero-order valence-electron chi connectivity index (χ0n) is 17.8. The first-order chi connectivity index (χ1) is 14.4. The van der Waals surface area contributed by atoms with Crippen molar-refractivity contribution in [1.82, 2.24) is 10.6 Å². The standard InChI is InChI=1S/C22H35N3O5/c1-2-3-4-5-6-10-13-19(21(23)28)25-20(27)14-18(26)15-24-22(29)30-16-17-11-8-7-9-12-17/h7-9,11-12,18-19,26H,2-6,10,13-16H2,1H3,(H2,23,28)(H,24,29)(H,25,27)/t18-,19-/m1/s1. The third-order valence-corrected chi connectivity index (χ3v) is 4.64. The van der Waals surface area contributed by atoms with Crippen molar-refractivity contribution in [2.75, 3.05) is 6.54 Å². The Morgan fingerprint density at radius 1 is 1.07 bits per heavy atom. The molecule has 0 aliphatic rings. The van der Waals surface area contributed by atoms with Gasteiger partial charge in [-0.1, -0.05) is 75.8 Å². The second kappa shape index (κ2) is 15.3. The van der Waals surface area contributed by atoms with E-state index in [1.165, 1.54) is 12.8 Å². The molecule has 0 unspecified atom stereocenters. The van der Waals surface area contributed by atoms with E-state index in [2.05, 4.69) is 17.6 Å². The van der Waals surface area contributed by atoms with Gasteiger partial charge in [0.05, 0.1) is 12.5 Å². The van der Waals surface area contributed by atoms with E-state index in [-0.39, 0.29) is 19.6 Å². The van der Waals surface area contributed by atoms with E-state index in [1.807, 2.05) is 30.3 Å². The van der Waals surface area contributed by atoms with E-state index in [1.54, 1.807) is 0 Å². The number of primary amides is 1. The number of rotatable bonds is 15. The molecular weight excluding hydrogens is 386 g/mol. The van der Waals surface area contributed by atoms with Crippen molar-refractivity contribution in [3.63, 3.8) is 0 Å². The molecule has 8 nitrogen and oxygen atoms in total. The third-order valence-electron chi connectivity index (χ3n) is 4.64. The topological polar surface area (TPSA) is 131 Å². The maximum atomic E-state index is 12.1. The normalized spacial score (nSPS) is 12.6. The van der Waals surface area contributed by atoms with E-state index in [0.29, 0.717) is 6.42 Å². The van der Waals surface area contributed by atoms with Crippen molar-refractivity contribution in [3.05, 3.63) is 35.9 Å². The van der Waals surface area contributed by atoms with Crippen LogP contribution in [0.4, 0.5) is 4.79 Å². The summed E-state index contributed by atoms with van der Waals surface area (Å²) in [7, 11) is 0. The van der Waals surface area contributed by atoms with E-state index in [9.17, 15) is 19.5 Å². The average Bonchev–Trinajstić information content (AvgIpc) is 2.72. The van der Waals surface area contributed by atoms with E-state index in [0.717, 1.165) is 31.2 Å². The van der Waals surface area contributed by atoms with Gasteiger partial charge in [-0.3, -0.25) is 9.59 Å². The van der Waals surface area contributed by atoms with Gasteiger partial charge < -0.3 is 26.2 Å². The second-order valence-electron chi connectivity index (χ2n) is 7.38. The molecule has 0 aromatic heterocycles. The maximum Gasteiger partial charge on any atom is 0.407 e. The molecule has 0 heterocycles. The second-order valence-corrected chi connectivity index (χ2v) is 7.38. The summed E-state index contributed by atoms with van der Waals surface area (Å²) in [5, 5.41) is 14.9. The van der Waals surface area contributed by atoms with Crippen molar-refractivity contribution in [2.24, 2.45) is 5.73 Å². The Morgan fingerprint density at radius 3 is 2.40 bits per heavy atom. The molecule has 168 valence electrons. The van der Waals surface area contributed by atoms with Crippen LogP contribution in [0, 0.1) is 0 Å². The Labute approximate surface area is 178 Å². The molecule has 0 saturated heterocycles. The Balaban J connectivity index is 2.23. The highest BCUT2D eigenvalue weighted by molar-refractivity contribution is 5.86. The van der Waals surface area contributed by atoms with Crippen molar-refractivity contribution in [2.45, 2.75) is 77.0 Å². The number of aliphatic hydroxyl groups excluding tert-OH is 1. The summed E-state index contributed by atoms with van der Waals surface area (Å²) in [6.07, 6.45) is 4.85. The number of carbonyl (C=O) groups is 3. The van der Waals surface area contributed by atoms with Gasteiger partial charge in [0, 0.05) is 6.54 Å². The number of benzene rings is 1. The van der Waals surface area contributed by atoms with Crippen LogP contribution in [0.25, 0.3) is 0 Å². The highest BCUT2D eigenvalue weighted by atomic mass is 16.5. The van der Waals surface area contributed by atoms with Gasteiger partial charge in [-0.25, -0.2) is 4.79 Å². The number of nitrogens with one attached hydrogen (secondary N) is 2. The van der Waals surface area contributed by atoms with Crippen LogP contribution in [-0.4, -0.2) is 41.7 Å². The molecule has 1 aromatic carbocycles. The lowest BCUT2D eigenvalue weighted by Gasteiger charge is -2.17. The number of amides is 3. The molecule has 30 heavy (non-hydrogen) atoms. The number of alkyl carbamates (subject to hydrolysis) is 1. The molecular formula is C22H35N3O5. The molecule has 0 saturated carbocycles. The van der Waals surface area contributed by atoms with Crippen LogP contribution in [-0.2, 0) is 20.9 Å². The fourth-order valence-corrected chi connectivity index (χ4v) is 2.93. The van der Waals surface area contributed by atoms with Gasteiger partial charge >= 0.3 is 6.09 Å². The number of carbonyl (C=O) groups excluding carboxylic acids is 3. The van der Waals surface area contributed by atoms with Gasteiger partial charge in [0.2, 0.25) is 11.8 Å². The Bertz CT molecular complexity index is 639. The first-order valence-electron chi connectivity index (χ1n) is 10.6. The summed E-state index contributed by atoms with van der Waals surface area (Å²) in [5.41, 5.74) is 6.21. The van der Waals surface area contributed by atoms with Crippen LogP contribution in [0.3, 0.4) is 0 Å². The summed E-state index contributed by atoms with van der Waals surface area (Å²) in [6, 6.07) is 8.44. The molecule has 8 heteroatoms. The number of hydrogen-bond acceptors (Lipinski definition) is 5. The van der Waals surface area contributed by atoms with Crippen molar-refractivity contribution in [1.29, 1.82) is 0 Å². The van der Waals surface area contributed by atoms with E-state index >= 15 is 0 Å². The monoisotopic (exact) mass is 421 g/mol. The van der Waals surface area contributed by atoms with E-state index < -0.39 is 30.1 Å². The fourth-order valence-electron chi connectivity index (χ4n) is 2.93. The van der Waals surface area contributed by atoms with Crippen LogP contribution < -0.4 is 16.4 Å². The first kappa shape index (κ1) is 25.4. The average molecular weight is 422 g/mol. The van der Waals surface area contributed by atoms with Crippen LogP contribution in [0.1, 0.15) is 63.9 Å². The quantitative estimate of drug-likeness (QED) is 0.323. The zero-order valence-corrected chi connectivity index (χ0v) is 17.8. The summed E-state index contributed by atoms with van der Waals surface area (Å²) >= 11 is 0. The predicted molar refractivity (Wildman–Crippen MR) is 114 cm³/mol. The highest BCUT2D eigenvalue weighted by Crippen LogP contribution is 2.09. The van der Waals surface area contributed by atoms with Crippen molar-refractivity contribution < 1.29 is 24.2 Å². The molecule has 0 fully saturated rings. The van der Waals surface area contributed by atoms with Gasteiger partial charge in [-0.05, 0) is 12.0 Å². The number of aliphatic hydroxyl groups is 1. The first-order valence-corrected chi connectivity index (χ1v) is 10.6. The van der Waals surface area contributed by atoms with Crippen LogP contribution in [0.5, 0.6) is 0 Å². The van der Waals surface area contributed by atoms with Crippen LogP contribution >= 0.6 is 0 Å². The minimum absolute atomic E-state index is 0.113. The molecule has 0 spiro atoms. The van der Waals surface area contributed by atoms with Crippen LogP contribution in [0.2, 0.25) is 0 Å². The Morgan fingerprint density at radius 2 is 1.73 bits per heavy atom. The number of hydrogen-bond donors (Lipinski definition) is 4. The Hall–Kier alpha value is -2.61. The van der Waals surface area contributed by atoms with Gasteiger partial charge in [0.25, 0.3) is 0 Å². The van der Waals surface area contributed by atoms with E-state index in [4.69, 9.17) is 10.5 Å². The molecule has 0 radical (unpaired) electrons. The smallest absolute Gasteiger partial charge is 0.407 e. The molecule has 0 bridgehead atoms. The SMILES string of the molecule is CCCCCCCC[C@@H](NC(=O)C[C@@H](O)CNC(=O)OCc1ccccc1)C(N)=O. The molecule has 5 N–H and O–H groups in total. The number of ether oxygens (including phenoxy) is 1. The summed E-state index contributed by atoms with van der Waals surface area (Å²) in [4.78, 5) is 35.3. The molecule has 1 aromatic rings. The summed E-state index contributed by atoms with van der Waals surface area (Å²) in [6.45, 7) is 2.12. The van der Waals surface area contributed by atoms with Crippen molar-refractivity contribution >= 4 is 17.9 Å². The van der Waals surface area contributed by atoms with Gasteiger partial charge in [-0.2, -0.15) is 0 Å². The fraction of sp³-hybridized carbons (Fsp3) is 0.591. The van der Waals surface area contributed by atoms with Crippen molar-refractivity contribution in [3.8, 4) is 0 Å². The summed E-state index contributed by atoms with van der Waals surface area (Å²) < 4.78 is 5.04. The number of unbranched alkanes of at least 4 members (excludes halogenated alkanes) is 5. The molecule has 2 atom stereocenters. The van der Waals surface area contributed by atoms with Crippen LogP contribution in [0.15, 0.2) is 30.3 Å². The molecule has 0 aliphatic carbocycles. The predicted octanol–water partition coefficient (Wildman–Crippen LogP) is 2.38. The third kappa shape index (κ3) is 12.1. The Kier molecular flexibility index (Phi) is 12.9. The highest BCUT2D eigenvalue weighted by Gasteiger charge is 2.20. The van der Waals surface area contributed by atoms with Gasteiger partial charge in [0.1, 0.15) is 12.6 Å². The molecule has 0 aliphatic heterocycles.